The first-order valence-corrected chi connectivity index (χ1v) is 7.49. The molecule has 3 aromatic rings. The molecule has 0 spiro atoms. The minimum atomic E-state index is -0.420. The van der Waals surface area contributed by atoms with Gasteiger partial charge in [0.15, 0.2) is 5.82 Å². The molecule has 2 aromatic carbocycles. The van der Waals surface area contributed by atoms with Crippen molar-refractivity contribution < 1.29 is 4.92 Å². The van der Waals surface area contributed by atoms with Gasteiger partial charge in [-0.2, -0.15) is 5.10 Å². The molecule has 24 heavy (non-hydrogen) atoms. The van der Waals surface area contributed by atoms with Gasteiger partial charge in [0, 0.05) is 18.6 Å². The van der Waals surface area contributed by atoms with Gasteiger partial charge in [-0.05, 0) is 18.1 Å². The zero-order valence-corrected chi connectivity index (χ0v) is 13.1. The van der Waals surface area contributed by atoms with Crippen LogP contribution in [0.2, 0.25) is 0 Å². The summed E-state index contributed by atoms with van der Waals surface area (Å²) in [7, 11) is 0. The fraction of sp³-hybridized carbons (Fsp3) is 0.176. The van der Waals surface area contributed by atoms with Crippen molar-refractivity contribution in [3.05, 3.63) is 87.0 Å². The number of hydrogen-bond donors (Lipinski definition) is 2. The number of benzene rings is 2. The molecule has 0 aliphatic rings. The van der Waals surface area contributed by atoms with Crippen LogP contribution in [0.4, 0.5) is 5.69 Å². The number of nitrogens with zero attached hydrogens (tertiary/aromatic N) is 3. The molecular weight excluding hydrogens is 306 g/mol. The summed E-state index contributed by atoms with van der Waals surface area (Å²) in [6.07, 6.45) is 0.506. The number of non-ortho nitro benzene ring substituents is 1. The fourth-order valence-electron chi connectivity index (χ4n) is 2.38. The maximum absolute atomic E-state index is 10.7. The molecule has 0 amide bonds. The molecule has 1 atom stereocenters. The minimum Gasteiger partial charge on any atom is -0.318 e. The quantitative estimate of drug-likeness (QED) is 0.554. The van der Waals surface area contributed by atoms with Crippen LogP contribution in [0.15, 0.2) is 48.5 Å². The second kappa shape index (κ2) is 6.59. The van der Waals surface area contributed by atoms with Gasteiger partial charge in [0.25, 0.3) is 5.69 Å². The van der Waals surface area contributed by atoms with E-state index in [-0.39, 0.29) is 5.69 Å². The highest BCUT2D eigenvalue weighted by Gasteiger charge is 2.15. The van der Waals surface area contributed by atoms with Gasteiger partial charge >= 0.3 is 0 Å². The second-order valence-corrected chi connectivity index (χ2v) is 5.63. The molecule has 0 radical (unpaired) electrons. The van der Waals surface area contributed by atoms with Gasteiger partial charge in [-0.1, -0.05) is 42.0 Å². The molecule has 0 saturated heterocycles. The number of nitro benzene ring substituents is 1. The number of rotatable bonds is 5. The van der Waals surface area contributed by atoms with Gasteiger partial charge in [-0.25, -0.2) is 4.98 Å². The molecule has 3 N–H and O–H groups in total. The fourth-order valence-corrected chi connectivity index (χ4v) is 2.38. The number of nitro groups is 1. The van der Waals surface area contributed by atoms with E-state index in [1.807, 2.05) is 31.2 Å². The van der Waals surface area contributed by atoms with E-state index < -0.39 is 11.0 Å². The topological polar surface area (TPSA) is 111 Å². The molecule has 0 fully saturated rings. The lowest BCUT2D eigenvalue weighted by Gasteiger charge is -2.07. The third-order valence-corrected chi connectivity index (χ3v) is 3.78. The van der Waals surface area contributed by atoms with E-state index in [9.17, 15) is 10.1 Å². The Hall–Kier alpha value is -3.06. The van der Waals surface area contributed by atoms with Crippen molar-refractivity contribution in [2.75, 3.05) is 0 Å². The van der Waals surface area contributed by atoms with Crippen LogP contribution in [0.3, 0.4) is 0 Å². The number of hydrogen-bond acceptors (Lipinski definition) is 5. The molecule has 1 heterocycles. The number of nitrogens with one attached hydrogen (secondary N) is 1. The second-order valence-electron chi connectivity index (χ2n) is 5.63. The Morgan fingerprint density at radius 3 is 2.46 bits per heavy atom. The van der Waals surface area contributed by atoms with E-state index in [0.717, 1.165) is 11.1 Å². The Morgan fingerprint density at radius 2 is 1.83 bits per heavy atom. The molecule has 0 unspecified atom stereocenters. The summed E-state index contributed by atoms with van der Waals surface area (Å²) in [5.41, 5.74) is 9.30. The van der Waals surface area contributed by atoms with Crippen molar-refractivity contribution >= 4 is 5.69 Å². The molecular formula is C17H17N5O2. The number of aromatic amines is 1. The SMILES string of the molecule is Cc1ccc([C@@H](N)c2n[nH]c(Cc3ccc([N+](=O)[O-])cc3)n2)cc1. The third-order valence-electron chi connectivity index (χ3n) is 3.78. The van der Waals surface area contributed by atoms with Crippen molar-refractivity contribution in [1.82, 2.24) is 15.2 Å². The van der Waals surface area contributed by atoms with Crippen molar-refractivity contribution in [2.24, 2.45) is 5.73 Å². The van der Waals surface area contributed by atoms with Gasteiger partial charge in [0.2, 0.25) is 0 Å². The summed E-state index contributed by atoms with van der Waals surface area (Å²) in [6, 6.07) is 13.9. The number of aryl methyl sites for hydroxylation is 1. The zero-order chi connectivity index (χ0) is 17.1. The molecule has 0 aliphatic carbocycles. The Balaban J connectivity index is 1.73. The van der Waals surface area contributed by atoms with E-state index in [1.165, 1.54) is 17.7 Å². The summed E-state index contributed by atoms with van der Waals surface area (Å²) in [4.78, 5) is 14.7. The van der Waals surface area contributed by atoms with Gasteiger partial charge in [-0.3, -0.25) is 15.2 Å². The van der Waals surface area contributed by atoms with Crippen LogP contribution < -0.4 is 5.73 Å². The van der Waals surface area contributed by atoms with E-state index in [1.54, 1.807) is 12.1 Å². The number of aromatic nitrogens is 3. The lowest BCUT2D eigenvalue weighted by Crippen LogP contribution is -2.13. The largest absolute Gasteiger partial charge is 0.318 e. The van der Waals surface area contributed by atoms with Crippen LogP contribution in [0.5, 0.6) is 0 Å². The van der Waals surface area contributed by atoms with Crippen LogP contribution in [-0.2, 0) is 6.42 Å². The Labute approximate surface area is 138 Å². The highest BCUT2D eigenvalue weighted by atomic mass is 16.6. The van der Waals surface area contributed by atoms with Crippen LogP contribution in [0.1, 0.15) is 34.4 Å². The van der Waals surface area contributed by atoms with Gasteiger partial charge in [0.1, 0.15) is 5.82 Å². The monoisotopic (exact) mass is 323 g/mol. The maximum atomic E-state index is 10.7. The summed E-state index contributed by atoms with van der Waals surface area (Å²) < 4.78 is 0. The Morgan fingerprint density at radius 1 is 1.17 bits per heavy atom. The van der Waals surface area contributed by atoms with Gasteiger partial charge in [0.05, 0.1) is 11.0 Å². The Bertz CT molecular complexity index is 840. The highest BCUT2D eigenvalue weighted by molar-refractivity contribution is 5.34. The number of nitrogens with two attached hydrogens (primary N) is 1. The first-order valence-electron chi connectivity index (χ1n) is 7.49. The summed E-state index contributed by atoms with van der Waals surface area (Å²) in [5.74, 6) is 1.19. The molecule has 0 bridgehead atoms. The lowest BCUT2D eigenvalue weighted by molar-refractivity contribution is -0.384. The van der Waals surface area contributed by atoms with Crippen LogP contribution in [0.25, 0.3) is 0 Å². The van der Waals surface area contributed by atoms with Crippen molar-refractivity contribution in [3.63, 3.8) is 0 Å². The summed E-state index contributed by atoms with van der Waals surface area (Å²) in [5, 5.41) is 17.7. The summed E-state index contributed by atoms with van der Waals surface area (Å²) >= 11 is 0. The molecule has 7 heteroatoms. The predicted molar refractivity (Wildman–Crippen MR) is 89.5 cm³/mol. The molecule has 0 aliphatic heterocycles. The average Bonchev–Trinajstić information content (AvgIpc) is 3.04. The Kier molecular flexibility index (Phi) is 4.35. The zero-order valence-electron chi connectivity index (χ0n) is 13.1. The molecule has 7 nitrogen and oxygen atoms in total. The van der Waals surface area contributed by atoms with E-state index in [4.69, 9.17) is 5.73 Å². The minimum absolute atomic E-state index is 0.0680. The smallest absolute Gasteiger partial charge is 0.269 e. The number of H-pyrrole nitrogens is 1. The van der Waals surface area contributed by atoms with E-state index in [2.05, 4.69) is 15.2 Å². The molecule has 0 saturated carbocycles. The van der Waals surface area contributed by atoms with Crippen LogP contribution in [-0.4, -0.2) is 20.1 Å². The molecule has 1 aromatic heterocycles. The predicted octanol–water partition coefficient (Wildman–Crippen LogP) is 2.66. The third kappa shape index (κ3) is 3.47. The van der Waals surface area contributed by atoms with Gasteiger partial charge in [-0.15, -0.1) is 0 Å². The summed E-state index contributed by atoms with van der Waals surface area (Å²) in [6.45, 7) is 2.02. The molecule has 122 valence electrons. The van der Waals surface area contributed by atoms with Gasteiger partial charge < -0.3 is 5.73 Å². The maximum Gasteiger partial charge on any atom is 0.269 e. The average molecular weight is 323 g/mol. The van der Waals surface area contributed by atoms with Crippen molar-refractivity contribution in [2.45, 2.75) is 19.4 Å². The van der Waals surface area contributed by atoms with Crippen molar-refractivity contribution in [3.8, 4) is 0 Å². The van der Waals surface area contributed by atoms with Crippen molar-refractivity contribution in [1.29, 1.82) is 0 Å². The first-order chi connectivity index (χ1) is 11.5. The first kappa shape index (κ1) is 15.8. The van der Waals surface area contributed by atoms with E-state index in [0.29, 0.717) is 18.1 Å². The molecule has 3 rings (SSSR count). The highest BCUT2D eigenvalue weighted by Crippen LogP contribution is 2.18. The lowest BCUT2D eigenvalue weighted by atomic mass is 10.1. The van der Waals surface area contributed by atoms with Crippen LogP contribution in [0, 0.1) is 17.0 Å². The normalized spacial score (nSPS) is 12.1. The van der Waals surface area contributed by atoms with E-state index >= 15 is 0 Å². The van der Waals surface area contributed by atoms with Crippen LogP contribution >= 0.6 is 0 Å². The standard InChI is InChI=1S/C17H17N5O2/c1-11-2-6-13(7-3-11)16(18)17-19-15(20-21-17)10-12-4-8-14(9-5-12)22(23)24/h2-9,16H,10,18H2,1H3,(H,19,20,21)/t16-/m1/s1.